The standard InChI is InChI=1S/C16H18O/c17-15-11-6-4-2-1-3-5-8-12-16-13-9-7-10-14-16/h3-10,12-15H,1-2,11H2. The number of allylic oxidation sites excluding steroid dienone is 5. The molecule has 0 aliphatic carbocycles. The summed E-state index contributed by atoms with van der Waals surface area (Å²) in [4.78, 5) is 10.0. The first-order valence-corrected chi connectivity index (χ1v) is 5.90. The Morgan fingerprint density at radius 3 is 2.41 bits per heavy atom. The van der Waals surface area contributed by atoms with E-state index in [2.05, 4.69) is 30.4 Å². The Labute approximate surface area is 103 Å². The van der Waals surface area contributed by atoms with Crippen LogP contribution in [0.25, 0.3) is 6.08 Å². The van der Waals surface area contributed by atoms with Crippen LogP contribution in [-0.4, -0.2) is 6.29 Å². The molecule has 1 rings (SSSR count). The van der Waals surface area contributed by atoms with Gasteiger partial charge in [-0.3, -0.25) is 0 Å². The monoisotopic (exact) mass is 226 g/mol. The van der Waals surface area contributed by atoms with Crippen LogP contribution >= 0.6 is 0 Å². The van der Waals surface area contributed by atoms with E-state index < -0.39 is 0 Å². The second kappa shape index (κ2) is 9.34. The maximum atomic E-state index is 10.0. The lowest BCUT2D eigenvalue weighted by atomic mass is 10.2. The number of hydrogen-bond acceptors (Lipinski definition) is 1. The molecule has 0 aliphatic rings. The van der Waals surface area contributed by atoms with Crippen LogP contribution in [0, 0.1) is 0 Å². The van der Waals surface area contributed by atoms with Crippen molar-refractivity contribution in [1.29, 1.82) is 0 Å². The van der Waals surface area contributed by atoms with Crippen LogP contribution in [0.5, 0.6) is 0 Å². The average molecular weight is 226 g/mol. The highest BCUT2D eigenvalue weighted by Gasteiger charge is 1.80. The molecular weight excluding hydrogens is 208 g/mol. The minimum atomic E-state index is 0.525. The van der Waals surface area contributed by atoms with Crippen molar-refractivity contribution < 1.29 is 4.79 Å². The van der Waals surface area contributed by atoms with Gasteiger partial charge in [-0.15, -0.1) is 0 Å². The number of rotatable bonds is 7. The molecular formula is C16H18O. The maximum Gasteiger partial charge on any atom is 0.123 e. The summed E-state index contributed by atoms with van der Waals surface area (Å²) < 4.78 is 0. The summed E-state index contributed by atoms with van der Waals surface area (Å²) in [5.41, 5.74) is 1.21. The third kappa shape index (κ3) is 7.07. The molecule has 0 saturated heterocycles. The van der Waals surface area contributed by atoms with Gasteiger partial charge in [-0.25, -0.2) is 0 Å². The van der Waals surface area contributed by atoms with Crippen molar-refractivity contribution >= 4 is 12.4 Å². The molecule has 1 aromatic rings. The van der Waals surface area contributed by atoms with Crippen molar-refractivity contribution in [2.75, 3.05) is 0 Å². The van der Waals surface area contributed by atoms with Gasteiger partial charge in [0.2, 0.25) is 0 Å². The largest absolute Gasteiger partial charge is 0.303 e. The number of aldehydes is 1. The lowest BCUT2D eigenvalue weighted by Crippen LogP contribution is -1.68. The molecule has 1 nitrogen and oxygen atoms in total. The molecule has 0 radical (unpaired) electrons. The minimum absolute atomic E-state index is 0.525. The van der Waals surface area contributed by atoms with Crippen LogP contribution in [-0.2, 0) is 4.79 Å². The molecule has 88 valence electrons. The molecule has 1 aromatic carbocycles. The summed E-state index contributed by atoms with van der Waals surface area (Å²) in [5.74, 6) is 0. The first-order valence-electron chi connectivity index (χ1n) is 5.90. The van der Waals surface area contributed by atoms with E-state index in [9.17, 15) is 4.79 Å². The SMILES string of the molecule is O=CCC=CCCC=CC=Cc1ccccc1. The zero-order valence-electron chi connectivity index (χ0n) is 9.96. The Balaban J connectivity index is 2.18. The van der Waals surface area contributed by atoms with Gasteiger partial charge in [0.15, 0.2) is 0 Å². The van der Waals surface area contributed by atoms with E-state index >= 15 is 0 Å². The summed E-state index contributed by atoms with van der Waals surface area (Å²) in [6, 6.07) is 10.2. The first-order chi connectivity index (χ1) is 8.43. The molecule has 1 heteroatoms. The number of benzene rings is 1. The van der Waals surface area contributed by atoms with Crippen LogP contribution < -0.4 is 0 Å². The quantitative estimate of drug-likeness (QED) is 0.295. The zero-order chi connectivity index (χ0) is 12.2. The summed E-state index contributed by atoms with van der Waals surface area (Å²) >= 11 is 0. The van der Waals surface area contributed by atoms with Gasteiger partial charge < -0.3 is 4.79 Å². The highest BCUT2D eigenvalue weighted by atomic mass is 16.1. The van der Waals surface area contributed by atoms with E-state index in [0.29, 0.717) is 6.42 Å². The van der Waals surface area contributed by atoms with E-state index in [-0.39, 0.29) is 0 Å². The molecule has 0 spiro atoms. The second-order valence-corrected chi connectivity index (χ2v) is 3.65. The van der Waals surface area contributed by atoms with Gasteiger partial charge in [-0.05, 0) is 18.4 Å². The second-order valence-electron chi connectivity index (χ2n) is 3.65. The van der Waals surface area contributed by atoms with Crippen molar-refractivity contribution in [3.63, 3.8) is 0 Å². The van der Waals surface area contributed by atoms with Crippen LogP contribution in [0.2, 0.25) is 0 Å². The molecule has 0 amide bonds. The normalized spacial score (nSPS) is 11.8. The fourth-order valence-electron chi connectivity index (χ4n) is 1.37. The van der Waals surface area contributed by atoms with Gasteiger partial charge in [0.25, 0.3) is 0 Å². The van der Waals surface area contributed by atoms with Crippen LogP contribution in [0.4, 0.5) is 0 Å². The molecule has 0 aliphatic heterocycles. The molecule has 0 atom stereocenters. The van der Waals surface area contributed by atoms with Gasteiger partial charge in [0.1, 0.15) is 6.29 Å². The molecule has 0 fully saturated rings. The van der Waals surface area contributed by atoms with E-state index in [1.165, 1.54) is 5.56 Å². The van der Waals surface area contributed by atoms with Crippen molar-refractivity contribution in [3.8, 4) is 0 Å². The first kappa shape index (κ1) is 13.2. The molecule has 0 saturated carbocycles. The van der Waals surface area contributed by atoms with Crippen molar-refractivity contribution in [2.45, 2.75) is 19.3 Å². The number of carbonyl (C=O) groups excluding carboxylic acids is 1. The number of hydrogen-bond donors (Lipinski definition) is 0. The third-order valence-corrected chi connectivity index (χ3v) is 2.23. The third-order valence-electron chi connectivity index (χ3n) is 2.23. The van der Waals surface area contributed by atoms with Gasteiger partial charge in [-0.1, -0.05) is 66.8 Å². The van der Waals surface area contributed by atoms with E-state index in [0.717, 1.165) is 19.1 Å². The van der Waals surface area contributed by atoms with E-state index in [1.807, 2.05) is 36.4 Å². The fourth-order valence-corrected chi connectivity index (χ4v) is 1.37. The topological polar surface area (TPSA) is 17.1 Å². The molecule has 0 N–H and O–H groups in total. The summed E-state index contributed by atoms with van der Waals surface area (Å²) in [6.45, 7) is 0. The van der Waals surface area contributed by atoms with E-state index in [4.69, 9.17) is 0 Å². The fraction of sp³-hybridized carbons (Fsp3) is 0.188. The zero-order valence-corrected chi connectivity index (χ0v) is 9.96. The van der Waals surface area contributed by atoms with Crippen molar-refractivity contribution in [1.82, 2.24) is 0 Å². The number of carbonyl (C=O) groups is 1. The highest BCUT2D eigenvalue weighted by molar-refractivity contribution is 5.51. The number of unbranched alkanes of at least 4 members (excludes halogenated alkanes) is 1. The Bertz CT molecular complexity index is 385. The predicted molar refractivity (Wildman–Crippen MR) is 73.7 cm³/mol. The van der Waals surface area contributed by atoms with Crippen LogP contribution in [0.1, 0.15) is 24.8 Å². The maximum absolute atomic E-state index is 10.0. The summed E-state index contributed by atoms with van der Waals surface area (Å²) in [6.07, 6.45) is 15.7. The van der Waals surface area contributed by atoms with Crippen LogP contribution in [0.3, 0.4) is 0 Å². The Morgan fingerprint density at radius 1 is 0.882 bits per heavy atom. The van der Waals surface area contributed by atoms with E-state index in [1.54, 1.807) is 0 Å². The summed E-state index contributed by atoms with van der Waals surface area (Å²) in [5, 5.41) is 0. The molecule has 0 unspecified atom stereocenters. The van der Waals surface area contributed by atoms with Gasteiger partial charge in [-0.2, -0.15) is 0 Å². The van der Waals surface area contributed by atoms with Gasteiger partial charge in [0.05, 0.1) is 0 Å². The minimum Gasteiger partial charge on any atom is -0.303 e. The molecule has 0 aromatic heterocycles. The van der Waals surface area contributed by atoms with Crippen LogP contribution in [0.15, 0.2) is 60.7 Å². The van der Waals surface area contributed by atoms with Gasteiger partial charge in [0, 0.05) is 6.42 Å². The van der Waals surface area contributed by atoms with Crippen molar-refractivity contribution in [3.05, 3.63) is 66.3 Å². The Kier molecular flexibility index (Phi) is 7.24. The predicted octanol–water partition coefficient (Wildman–Crippen LogP) is 4.18. The Morgan fingerprint density at radius 2 is 1.65 bits per heavy atom. The van der Waals surface area contributed by atoms with Crippen molar-refractivity contribution in [2.24, 2.45) is 0 Å². The molecule has 0 bridgehead atoms. The molecule has 17 heavy (non-hydrogen) atoms. The Hall–Kier alpha value is -1.89. The lowest BCUT2D eigenvalue weighted by molar-refractivity contribution is -0.107. The smallest absolute Gasteiger partial charge is 0.123 e. The molecule has 0 heterocycles. The summed E-state index contributed by atoms with van der Waals surface area (Å²) in [7, 11) is 0. The average Bonchev–Trinajstić information content (AvgIpc) is 2.38. The van der Waals surface area contributed by atoms with Gasteiger partial charge >= 0.3 is 0 Å². The highest BCUT2D eigenvalue weighted by Crippen LogP contribution is 2.01. The lowest BCUT2D eigenvalue weighted by Gasteiger charge is -1.88.